The fourth-order valence-corrected chi connectivity index (χ4v) is 2.21. The van der Waals surface area contributed by atoms with Crippen molar-refractivity contribution in [3.8, 4) is 0 Å². The lowest BCUT2D eigenvalue weighted by Gasteiger charge is -2.20. The van der Waals surface area contributed by atoms with Gasteiger partial charge in [-0.1, -0.05) is 12.1 Å². The summed E-state index contributed by atoms with van der Waals surface area (Å²) in [5.74, 6) is -0.250. The standard InChI is InChI=1S/C18H28N4O3/c1-6-22(13(2)23)12-14-8-7-9-15(10-14)20-17(25)19-11-16(24)21-18(3,4)5/h7-10H,6,11-12H2,1-5H3,(H,21,24)(H2,19,20,25). The van der Waals surface area contributed by atoms with E-state index >= 15 is 0 Å². The van der Waals surface area contributed by atoms with Gasteiger partial charge in [-0.05, 0) is 45.4 Å². The summed E-state index contributed by atoms with van der Waals surface area (Å²) in [5.41, 5.74) is 1.18. The maximum atomic E-state index is 11.9. The number of carbonyl (C=O) groups excluding carboxylic acids is 3. The summed E-state index contributed by atoms with van der Waals surface area (Å²) < 4.78 is 0. The minimum atomic E-state index is -0.458. The van der Waals surface area contributed by atoms with Crippen molar-refractivity contribution in [2.75, 3.05) is 18.4 Å². The lowest BCUT2D eigenvalue weighted by molar-refractivity contribution is -0.129. The van der Waals surface area contributed by atoms with Crippen molar-refractivity contribution in [1.29, 1.82) is 0 Å². The number of nitrogens with one attached hydrogen (secondary N) is 3. The van der Waals surface area contributed by atoms with E-state index in [0.29, 0.717) is 18.8 Å². The molecule has 1 rings (SSSR count). The minimum Gasteiger partial charge on any atom is -0.350 e. The van der Waals surface area contributed by atoms with Crippen molar-refractivity contribution >= 4 is 23.5 Å². The predicted molar refractivity (Wildman–Crippen MR) is 98.1 cm³/mol. The molecule has 0 aliphatic heterocycles. The molecule has 1 aromatic rings. The Labute approximate surface area is 149 Å². The van der Waals surface area contributed by atoms with Crippen LogP contribution in [0.25, 0.3) is 0 Å². The largest absolute Gasteiger partial charge is 0.350 e. The Hall–Kier alpha value is -2.57. The van der Waals surface area contributed by atoms with E-state index in [9.17, 15) is 14.4 Å². The minimum absolute atomic E-state index is 0.00321. The highest BCUT2D eigenvalue weighted by molar-refractivity contribution is 5.92. The van der Waals surface area contributed by atoms with Crippen LogP contribution in [0.2, 0.25) is 0 Å². The zero-order chi connectivity index (χ0) is 19.0. The molecule has 0 fully saturated rings. The van der Waals surface area contributed by atoms with Crippen LogP contribution in [0.4, 0.5) is 10.5 Å². The second kappa shape index (κ2) is 9.05. The lowest BCUT2D eigenvalue weighted by Crippen LogP contribution is -2.46. The molecule has 0 spiro atoms. The van der Waals surface area contributed by atoms with Crippen LogP contribution < -0.4 is 16.0 Å². The van der Waals surface area contributed by atoms with E-state index in [1.165, 1.54) is 6.92 Å². The molecule has 0 unspecified atom stereocenters. The molecule has 0 aromatic heterocycles. The summed E-state index contributed by atoms with van der Waals surface area (Å²) in [7, 11) is 0. The van der Waals surface area contributed by atoms with Crippen LogP contribution in [0, 0.1) is 0 Å². The highest BCUT2D eigenvalue weighted by atomic mass is 16.2. The zero-order valence-corrected chi connectivity index (χ0v) is 15.6. The molecule has 0 aliphatic carbocycles. The van der Waals surface area contributed by atoms with Crippen LogP contribution in [0.3, 0.4) is 0 Å². The second-order valence-electron chi connectivity index (χ2n) is 6.84. The molecular formula is C18H28N4O3. The quantitative estimate of drug-likeness (QED) is 0.735. The van der Waals surface area contributed by atoms with Gasteiger partial charge in [0.1, 0.15) is 0 Å². The first-order valence-electron chi connectivity index (χ1n) is 8.31. The Morgan fingerprint density at radius 2 is 1.84 bits per heavy atom. The number of rotatable bonds is 6. The van der Waals surface area contributed by atoms with Gasteiger partial charge < -0.3 is 20.9 Å². The van der Waals surface area contributed by atoms with Crippen molar-refractivity contribution < 1.29 is 14.4 Å². The van der Waals surface area contributed by atoms with E-state index in [2.05, 4.69) is 16.0 Å². The van der Waals surface area contributed by atoms with E-state index < -0.39 is 6.03 Å². The van der Waals surface area contributed by atoms with E-state index in [-0.39, 0.29) is 23.9 Å². The predicted octanol–water partition coefficient (Wildman–Crippen LogP) is 2.09. The Morgan fingerprint density at radius 1 is 1.16 bits per heavy atom. The van der Waals surface area contributed by atoms with Gasteiger partial charge in [0, 0.05) is 31.2 Å². The summed E-state index contributed by atoms with van der Waals surface area (Å²) in [5, 5.41) is 7.97. The average molecular weight is 348 g/mol. The van der Waals surface area contributed by atoms with E-state index in [1.807, 2.05) is 39.8 Å². The molecule has 3 N–H and O–H groups in total. The van der Waals surface area contributed by atoms with Crippen LogP contribution in [0.15, 0.2) is 24.3 Å². The van der Waals surface area contributed by atoms with Gasteiger partial charge >= 0.3 is 6.03 Å². The third-order valence-electron chi connectivity index (χ3n) is 3.31. The van der Waals surface area contributed by atoms with Crippen molar-refractivity contribution in [2.24, 2.45) is 0 Å². The van der Waals surface area contributed by atoms with Gasteiger partial charge in [-0.25, -0.2) is 4.79 Å². The van der Waals surface area contributed by atoms with Gasteiger partial charge in [0.05, 0.1) is 6.54 Å². The number of benzene rings is 1. The molecule has 1 aromatic carbocycles. The number of nitrogens with zero attached hydrogens (tertiary/aromatic N) is 1. The highest BCUT2D eigenvalue weighted by Gasteiger charge is 2.14. The number of anilines is 1. The third kappa shape index (κ3) is 8.19. The van der Waals surface area contributed by atoms with Crippen LogP contribution in [-0.4, -0.2) is 41.4 Å². The fourth-order valence-electron chi connectivity index (χ4n) is 2.21. The molecule has 4 amide bonds. The van der Waals surface area contributed by atoms with Crippen LogP contribution in [0.5, 0.6) is 0 Å². The molecule has 0 bridgehead atoms. The number of hydrogen-bond donors (Lipinski definition) is 3. The molecule has 0 atom stereocenters. The fraction of sp³-hybridized carbons (Fsp3) is 0.500. The molecular weight excluding hydrogens is 320 g/mol. The molecule has 25 heavy (non-hydrogen) atoms. The summed E-state index contributed by atoms with van der Waals surface area (Å²) in [6, 6.07) is 6.81. The number of carbonyl (C=O) groups is 3. The van der Waals surface area contributed by atoms with Gasteiger partial charge in [0.2, 0.25) is 11.8 Å². The summed E-state index contributed by atoms with van der Waals surface area (Å²) in [4.78, 5) is 36.8. The summed E-state index contributed by atoms with van der Waals surface area (Å²) in [6.45, 7) is 10.1. The van der Waals surface area contributed by atoms with Crippen LogP contribution in [-0.2, 0) is 16.1 Å². The maximum Gasteiger partial charge on any atom is 0.319 e. The Morgan fingerprint density at radius 3 is 2.40 bits per heavy atom. The maximum absolute atomic E-state index is 11.9. The normalized spacial score (nSPS) is 10.8. The Kier molecular flexibility index (Phi) is 7.42. The van der Waals surface area contributed by atoms with E-state index in [4.69, 9.17) is 0 Å². The first-order valence-corrected chi connectivity index (χ1v) is 8.31. The smallest absolute Gasteiger partial charge is 0.319 e. The van der Waals surface area contributed by atoms with Crippen LogP contribution >= 0.6 is 0 Å². The highest BCUT2D eigenvalue weighted by Crippen LogP contribution is 2.13. The third-order valence-corrected chi connectivity index (χ3v) is 3.31. The van der Waals surface area contributed by atoms with Gasteiger partial charge in [-0.3, -0.25) is 9.59 Å². The molecule has 0 radical (unpaired) electrons. The Balaban J connectivity index is 2.56. The SMILES string of the molecule is CCN(Cc1cccc(NC(=O)NCC(=O)NC(C)(C)C)c1)C(C)=O. The monoisotopic (exact) mass is 348 g/mol. The average Bonchev–Trinajstić information content (AvgIpc) is 2.49. The van der Waals surface area contributed by atoms with Gasteiger partial charge in [-0.15, -0.1) is 0 Å². The number of urea groups is 1. The lowest BCUT2D eigenvalue weighted by atomic mass is 10.1. The molecule has 7 nitrogen and oxygen atoms in total. The van der Waals surface area contributed by atoms with E-state index in [1.54, 1.807) is 17.0 Å². The van der Waals surface area contributed by atoms with Crippen molar-refractivity contribution in [3.05, 3.63) is 29.8 Å². The van der Waals surface area contributed by atoms with Crippen LogP contribution in [0.1, 0.15) is 40.2 Å². The topological polar surface area (TPSA) is 90.5 Å². The number of amides is 4. The molecule has 0 aliphatic rings. The van der Waals surface area contributed by atoms with Crippen molar-refractivity contribution in [2.45, 2.75) is 46.7 Å². The van der Waals surface area contributed by atoms with Gasteiger partial charge in [0.25, 0.3) is 0 Å². The molecule has 7 heteroatoms. The van der Waals surface area contributed by atoms with Gasteiger partial charge in [0.15, 0.2) is 0 Å². The molecule has 0 heterocycles. The summed E-state index contributed by atoms with van der Waals surface area (Å²) >= 11 is 0. The summed E-state index contributed by atoms with van der Waals surface area (Å²) in [6.07, 6.45) is 0. The van der Waals surface area contributed by atoms with Crippen molar-refractivity contribution in [3.63, 3.8) is 0 Å². The molecule has 138 valence electrons. The second-order valence-corrected chi connectivity index (χ2v) is 6.84. The zero-order valence-electron chi connectivity index (χ0n) is 15.6. The van der Waals surface area contributed by atoms with Gasteiger partial charge in [-0.2, -0.15) is 0 Å². The van der Waals surface area contributed by atoms with Crippen molar-refractivity contribution in [1.82, 2.24) is 15.5 Å². The molecule has 0 saturated carbocycles. The Bertz CT molecular complexity index is 623. The first-order chi connectivity index (χ1) is 11.6. The number of hydrogen-bond acceptors (Lipinski definition) is 3. The first kappa shape index (κ1) is 20.5. The molecule has 0 saturated heterocycles. The van der Waals surface area contributed by atoms with E-state index in [0.717, 1.165) is 5.56 Å².